The standard InChI is InChI=1S/C18H25N3O2/c1-12(2)17-16(8-9-23-17)11-20-18(22)21-13(3)15-6-4-14(10-19)5-7-15/h4-7,12-13,16-17H,8-9,11H2,1-3H3,(H2,20,21,22)/t13-,16-,17-/m0/s1. The summed E-state index contributed by atoms with van der Waals surface area (Å²) in [5.74, 6) is 0.843. The SMILES string of the molecule is CC(C)[C@@H]1OCC[C@H]1CNC(=O)N[C@@H](C)c1ccc(C#N)cc1. The number of rotatable bonds is 5. The minimum atomic E-state index is -0.170. The van der Waals surface area contributed by atoms with Crippen LogP contribution in [0.15, 0.2) is 24.3 Å². The molecule has 2 rings (SSSR count). The van der Waals surface area contributed by atoms with E-state index in [-0.39, 0.29) is 18.2 Å². The molecule has 1 fully saturated rings. The van der Waals surface area contributed by atoms with Crippen molar-refractivity contribution in [2.75, 3.05) is 13.2 Å². The first-order valence-corrected chi connectivity index (χ1v) is 8.17. The summed E-state index contributed by atoms with van der Waals surface area (Å²) >= 11 is 0. The number of urea groups is 1. The predicted octanol–water partition coefficient (Wildman–Crippen LogP) is 2.98. The van der Waals surface area contributed by atoms with Gasteiger partial charge in [-0.25, -0.2) is 4.79 Å². The van der Waals surface area contributed by atoms with Crippen molar-refractivity contribution in [1.82, 2.24) is 10.6 Å². The number of nitrogens with one attached hydrogen (secondary N) is 2. The number of carbonyl (C=O) groups is 1. The molecule has 2 amide bonds. The van der Waals surface area contributed by atoms with Gasteiger partial charge < -0.3 is 15.4 Å². The van der Waals surface area contributed by atoms with Gasteiger partial charge in [-0.05, 0) is 37.0 Å². The van der Waals surface area contributed by atoms with E-state index in [1.165, 1.54) is 0 Å². The summed E-state index contributed by atoms with van der Waals surface area (Å²) in [6, 6.07) is 9.05. The summed E-state index contributed by atoms with van der Waals surface area (Å²) in [6.07, 6.45) is 1.22. The zero-order chi connectivity index (χ0) is 16.8. The molecule has 1 heterocycles. The summed E-state index contributed by atoms with van der Waals surface area (Å²) in [7, 11) is 0. The van der Waals surface area contributed by atoms with Gasteiger partial charge in [0.15, 0.2) is 0 Å². The number of hydrogen-bond acceptors (Lipinski definition) is 3. The van der Waals surface area contributed by atoms with Crippen molar-refractivity contribution in [1.29, 1.82) is 5.26 Å². The monoisotopic (exact) mass is 315 g/mol. The van der Waals surface area contributed by atoms with E-state index in [1.54, 1.807) is 12.1 Å². The van der Waals surface area contributed by atoms with Crippen molar-refractivity contribution in [3.63, 3.8) is 0 Å². The van der Waals surface area contributed by atoms with Gasteiger partial charge in [0.2, 0.25) is 0 Å². The van der Waals surface area contributed by atoms with Crippen LogP contribution in [-0.2, 0) is 4.74 Å². The predicted molar refractivity (Wildman–Crippen MR) is 88.8 cm³/mol. The van der Waals surface area contributed by atoms with E-state index in [0.717, 1.165) is 18.6 Å². The Labute approximate surface area is 138 Å². The van der Waals surface area contributed by atoms with Crippen molar-refractivity contribution >= 4 is 6.03 Å². The summed E-state index contributed by atoms with van der Waals surface area (Å²) in [4.78, 5) is 12.1. The normalized spacial score (nSPS) is 21.7. The molecule has 5 heteroatoms. The molecule has 0 bridgehead atoms. The van der Waals surface area contributed by atoms with Crippen LogP contribution in [0.5, 0.6) is 0 Å². The average Bonchev–Trinajstić information content (AvgIpc) is 3.01. The Hall–Kier alpha value is -2.06. The zero-order valence-electron chi connectivity index (χ0n) is 14.0. The van der Waals surface area contributed by atoms with Gasteiger partial charge in [0.1, 0.15) is 0 Å². The minimum Gasteiger partial charge on any atom is -0.378 e. The van der Waals surface area contributed by atoms with E-state index in [2.05, 4.69) is 30.6 Å². The van der Waals surface area contributed by atoms with Crippen LogP contribution in [0.1, 0.15) is 44.4 Å². The number of benzene rings is 1. The third-order valence-electron chi connectivity index (χ3n) is 4.33. The molecule has 0 radical (unpaired) electrons. The van der Waals surface area contributed by atoms with Crippen LogP contribution in [-0.4, -0.2) is 25.3 Å². The number of hydrogen-bond donors (Lipinski definition) is 2. The fraction of sp³-hybridized carbons (Fsp3) is 0.556. The summed E-state index contributed by atoms with van der Waals surface area (Å²) in [5, 5.41) is 14.7. The van der Waals surface area contributed by atoms with Crippen LogP contribution < -0.4 is 10.6 Å². The first kappa shape index (κ1) is 17.3. The van der Waals surface area contributed by atoms with Crippen LogP contribution in [0.2, 0.25) is 0 Å². The molecular formula is C18H25N3O2. The maximum atomic E-state index is 12.1. The number of nitrogens with zero attached hydrogens (tertiary/aromatic N) is 1. The Balaban J connectivity index is 1.81. The Kier molecular flexibility index (Phi) is 6.00. The van der Waals surface area contributed by atoms with Gasteiger partial charge in [-0.15, -0.1) is 0 Å². The second kappa shape index (κ2) is 7.98. The molecular weight excluding hydrogens is 290 g/mol. The van der Waals surface area contributed by atoms with Gasteiger partial charge in [0.05, 0.1) is 23.8 Å². The van der Waals surface area contributed by atoms with E-state index >= 15 is 0 Å². The second-order valence-corrected chi connectivity index (χ2v) is 6.44. The topological polar surface area (TPSA) is 74.2 Å². The second-order valence-electron chi connectivity index (χ2n) is 6.44. The lowest BCUT2D eigenvalue weighted by atomic mass is 9.93. The molecule has 0 saturated carbocycles. The average molecular weight is 315 g/mol. The summed E-state index contributed by atoms with van der Waals surface area (Å²) in [5.41, 5.74) is 1.59. The van der Waals surface area contributed by atoms with Crippen molar-refractivity contribution < 1.29 is 9.53 Å². The van der Waals surface area contributed by atoms with Gasteiger partial charge in [-0.3, -0.25) is 0 Å². The smallest absolute Gasteiger partial charge is 0.315 e. The minimum absolute atomic E-state index is 0.108. The fourth-order valence-corrected chi connectivity index (χ4v) is 3.01. The molecule has 1 aliphatic rings. The zero-order valence-corrected chi connectivity index (χ0v) is 14.0. The lowest BCUT2D eigenvalue weighted by Crippen LogP contribution is -2.41. The fourth-order valence-electron chi connectivity index (χ4n) is 3.01. The highest BCUT2D eigenvalue weighted by molar-refractivity contribution is 5.74. The summed E-state index contributed by atoms with van der Waals surface area (Å²) < 4.78 is 5.73. The molecule has 1 aromatic carbocycles. The van der Waals surface area contributed by atoms with Crippen LogP contribution in [0.3, 0.4) is 0 Å². The first-order chi connectivity index (χ1) is 11.0. The molecule has 5 nitrogen and oxygen atoms in total. The Bertz CT molecular complexity index is 563. The van der Waals surface area contributed by atoms with Crippen LogP contribution in [0.4, 0.5) is 4.79 Å². The quantitative estimate of drug-likeness (QED) is 0.877. The van der Waals surface area contributed by atoms with Gasteiger partial charge in [-0.2, -0.15) is 5.26 Å². The van der Waals surface area contributed by atoms with E-state index in [9.17, 15) is 4.79 Å². The van der Waals surface area contributed by atoms with Gasteiger partial charge in [-0.1, -0.05) is 26.0 Å². The van der Waals surface area contributed by atoms with Gasteiger partial charge >= 0.3 is 6.03 Å². The third-order valence-corrected chi connectivity index (χ3v) is 4.33. The maximum absolute atomic E-state index is 12.1. The highest BCUT2D eigenvalue weighted by Crippen LogP contribution is 2.26. The molecule has 0 aromatic heterocycles. The Morgan fingerprint density at radius 3 is 2.65 bits per heavy atom. The highest BCUT2D eigenvalue weighted by Gasteiger charge is 2.30. The molecule has 2 N–H and O–H groups in total. The number of nitriles is 1. The largest absolute Gasteiger partial charge is 0.378 e. The van der Waals surface area contributed by atoms with Crippen molar-refractivity contribution in [2.24, 2.45) is 11.8 Å². The molecule has 1 saturated heterocycles. The molecule has 3 atom stereocenters. The Morgan fingerprint density at radius 2 is 2.04 bits per heavy atom. The van der Waals surface area contributed by atoms with Crippen LogP contribution in [0, 0.1) is 23.2 Å². The molecule has 0 aliphatic carbocycles. The first-order valence-electron chi connectivity index (χ1n) is 8.17. The maximum Gasteiger partial charge on any atom is 0.315 e. The molecule has 23 heavy (non-hydrogen) atoms. The van der Waals surface area contributed by atoms with E-state index < -0.39 is 0 Å². The van der Waals surface area contributed by atoms with Gasteiger partial charge in [0.25, 0.3) is 0 Å². The molecule has 0 unspecified atom stereocenters. The van der Waals surface area contributed by atoms with Crippen LogP contribution in [0.25, 0.3) is 0 Å². The number of ether oxygens (including phenoxy) is 1. The molecule has 1 aliphatic heterocycles. The van der Waals surface area contributed by atoms with E-state index in [0.29, 0.717) is 23.9 Å². The van der Waals surface area contributed by atoms with E-state index in [4.69, 9.17) is 10.00 Å². The molecule has 124 valence electrons. The van der Waals surface area contributed by atoms with Crippen LogP contribution >= 0.6 is 0 Å². The lowest BCUT2D eigenvalue weighted by Gasteiger charge is -2.23. The lowest BCUT2D eigenvalue weighted by molar-refractivity contribution is 0.0545. The number of amides is 2. The van der Waals surface area contributed by atoms with Crippen molar-refractivity contribution in [3.8, 4) is 6.07 Å². The van der Waals surface area contributed by atoms with Crippen molar-refractivity contribution in [2.45, 2.75) is 39.3 Å². The Morgan fingerprint density at radius 1 is 1.35 bits per heavy atom. The number of carbonyl (C=O) groups excluding carboxylic acids is 1. The highest BCUT2D eigenvalue weighted by atomic mass is 16.5. The van der Waals surface area contributed by atoms with Gasteiger partial charge in [0, 0.05) is 19.1 Å². The summed E-state index contributed by atoms with van der Waals surface area (Å²) in [6.45, 7) is 7.63. The molecule has 1 aromatic rings. The van der Waals surface area contributed by atoms with E-state index in [1.807, 2.05) is 19.1 Å². The third kappa shape index (κ3) is 4.70. The van der Waals surface area contributed by atoms with Crippen molar-refractivity contribution in [3.05, 3.63) is 35.4 Å². The molecule has 0 spiro atoms.